The molecule has 3 aliphatic rings. The van der Waals surface area contributed by atoms with E-state index < -0.39 is 47.2 Å². The monoisotopic (exact) mass is 617 g/mol. The fourth-order valence-corrected chi connectivity index (χ4v) is 5.92. The summed E-state index contributed by atoms with van der Waals surface area (Å²) >= 11 is 1.54. The summed E-state index contributed by atoms with van der Waals surface area (Å²) in [5, 5.41) is 41.4. The van der Waals surface area contributed by atoms with Crippen LogP contribution in [0.4, 0.5) is 0 Å². The van der Waals surface area contributed by atoms with Crippen molar-refractivity contribution >= 4 is 21.6 Å². The maximum absolute atomic E-state index is 12.1. The van der Waals surface area contributed by atoms with E-state index >= 15 is 0 Å². The second-order valence-corrected chi connectivity index (χ2v) is 11.9. The summed E-state index contributed by atoms with van der Waals surface area (Å²) in [4.78, 5) is 0. The molecule has 0 aromatic rings. The summed E-state index contributed by atoms with van der Waals surface area (Å²) in [6, 6.07) is 0. The number of aliphatic hydroxyl groups excluding tert-OH is 4. The van der Waals surface area contributed by atoms with Crippen molar-refractivity contribution in [1.82, 2.24) is 5.32 Å². The Labute approximate surface area is 243 Å². The van der Waals surface area contributed by atoms with E-state index in [0.717, 1.165) is 11.7 Å². The summed E-state index contributed by atoms with van der Waals surface area (Å²) in [6.45, 7) is 1.27. The number of hydrogen-bond donors (Lipinski definition) is 5. The maximum Gasteiger partial charge on any atom is 2.00 e. The van der Waals surface area contributed by atoms with Gasteiger partial charge in [0.25, 0.3) is 0 Å². The van der Waals surface area contributed by atoms with Crippen LogP contribution in [0, 0.1) is 63.7 Å². The van der Waals surface area contributed by atoms with Crippen LogP contribution >= 0.6 is 11.8 Å². The fourth-order valence-electron chi connectivity index (χ4n) is 3.33. The molecule has 216 valence electrons. The van der Waals surface area contributed by atoms with E-state index in [9.17, 15) is 23.7 Å². The summed E-state index contributed by atoms with van der Waals surface area (Å²) in [5.74, 6) is 2.49. The standard InChI is InChI=1S/C20H34NO9S2.C5H5.Fe/c22-13-16-17(23)18(24)19(25)20(30-16)29-7-5-21-6-11-32(26,27)12-10-31-9-8-28-14-15-3-1-2-4-15;1-2-4-5-3-1;/h1-4,16-25H,5-14H2;1-5H;/q;;+2/t16-,17-,18+,19+,20+;;/m1../s1. The molecule has 0 bridgehead atoms. The zero-order valence-electron chi connectivity index (χ0n) is 21.2. The Balaban J connectivity index is 0.00000107. The fraction of sp³-hybridized carbons (Fsp3) is 0.600. The van der Waals surface area contributed by atoms with Gasteiger partial charge in [0.15, 0.2) is 16.1 Å². The Morgan fingerprint density at radius 3 is 2.16 bits per heavy atom. The van der Waals surface area contributed by atoms with Gasteiger partial charge in [-0.15, -0.1) is 0 Å². The van der Waals surface area contributed by atoms with Gasteiger partial charge in [-0.3, -0.25) is 0 Å². The van der Waals surface area contributed by atoms with Crippen molar-refractivity contribution in [3.8, 4) is 0 Å². The molecule has 2 saturated carbocycles. The first kappa shape index (κ1) is 36.5. The van der Waals surface area contributed by atoms with Gasteiger partial charge < -0.3 is 40.0 Å². The molecular formula is C25H39FeNO9S2+2. The normalized spacial score (nSPS) is 28.1. The second kappa shape index (κ2) is 21.2. The molecule has 10 nitrogen and oxygen atoms in total. The minimum absolute atomic E-state index is 0. The maximum atomic E-state index is 12.1. The van der Waals surface area contributed by atoms with Crippen molar-refractivity contribution in [1.29, 1.82) is 0 Å². The van der Waals surface area contributed by atoms with Crippen molar-refractivity contribution in [2.75, 3.05) is 62.5 Å². The van der Waals surface area contributed by atoms with Crippen LogP contribution in [-0.4, -0.2) is 122 Å². The first-order valence-corrected chi connectivity index (χ1v) is 15.2. The average molecular weight is 618 g/mol. The van der Waals surface area contributed by atoms with Crippen molar-refractivity contribution in [2.24, 2.45) is 0 Å². The van der Waals surface area contributed by atoms with E-state index in [1.54, 1.807) is 11.8 Å². The molecular weight excluding hydrogens is 578 g/mol. The van der Waals surface area contributed by atoms with Crippen LogP contribution in [0.1, 0.15) is 0 Å². The van der Waals surface area contributed by atoms with Crippen molar-refractivity contribution < 1.29 is 60.1 Å². The molecule has 0 aromatic carbocycles. The molecule has 10 radical (unpaired) electrons. The molecule has 0 spiro atoms. The summed E-state index contributed by atoms with van der Waals surface area (Å²) < 4.78 is 40.3. The molecule has 5 atom stereocenters. The van der Waals surface area contributed by atoms with Gasteiger partial charge in [0, 0.05) is 30.5 Å². The van der Waals surface area contributed by atoms with Crippen LogP contribution in [0.2, 0.25) is 0 Å². The van der Waals surface area contributed by atoms with Crippen LogP contribution in [0.5, 0.6) is 0 Å². The van der Waals surface area contributed by atoms with Gasteiger partial charge in [-0.2, -0.15) is 11.8 Å². The van der Waals surface area contributed by atoms with Crippen LogP contribution in [0.25, 0.3) is 0 Å². The van der Waals surface area contributed by atoms with E-state index in [1.165, 1.54) is 0 Å². The van der Waals surface area contributed by atoms with Gasteiger partial charge in [0.2, 0.25) is 0 Å². The molecule has 1 aliphatic heterocycles. The van der Waals surface area contributed by atoms with Crippen LogP contribution in [-0.2, 0) is 41.1 Å². The van der Waals surface area contributed by atoms with Crippen LogP contribution < -0.4 is 5.32 Å². The molecule has 0 amide bonds. The predicted molar refractivity (Wildman–Crippen MR) is 141 cm³/mol. The number of rotatable bonds is 16. The van der Waals surface area contributed by atoms with E-state index in [1.807, 2.05) is 57.8 Å². The van der Waals surface area contributed by atoms with Gasteiger partial charge in [-0.1, -0.05) is 0 Å². The SMILES string of the molecule is O=S(=O)(CCNCCO[C@H]1O[C@H](CO)[C@@H](O)[C@H](O)[C@@H]1O)CCSCCOC[C]1[CH][CH][CH][CH]1.[CH]1[CH][CH][CH][CH]1.[Fe+2]. The quantitative estimate of drug-likeness (QED) is 0.107. The number of aliphatic hydroxyl groups is 4. The smallest absolute Gasteiger partial charge is 0.394 e. The number of thioether (sulfide) groups is 1. The average Bonchev–Trinajstić information content (AvgIpc) is 3.63. The Hall–Kier alpha value is 0.499. The van der Waals surface area contributed by atoms with Gasteiger partial charge in [0.05, 0.1) is 37.9 Å². The van der Waals surface area contributed by atoms with E-state index in [0.29, 0.717) is 25.5 Å². The minimum atomic E-state index is -3.17. The topological polar surface area (TPSA) is 155 Å². The number of hydrogen-bond acceptors (Lipinski definition) is 11. The Morgan fingerprint density at radius 1 is 0.868 bits per heavy atom. The van der Waals surface area contributed by atoms with Crippen LogP contribution in [0.3, 0.4) is 0 Å². The molecule has 2 aliphatic carbocycles. The van der Waals surface area contributed by atoms with E-state index in [2.05, 4.69) is 5.32 Å². The van der Waals surface area contributed by atoms with E-state index in [-0.39, 0.29) is 41.7 Å². The summed E-state index contributed by atoms with van der Waals surface area (Å²) in [6.07, 6.45) is 11.3. The van der Waals surface area contributed by atoms with Crippen LogP contribution in [0.15, 0.2) is 0 Å². The molecule has 3 rings (SSSR count). The zero-order chi connectivity index (χ0) is 26.9. The number of ether oxygens (including phenoxy) is 3. The van der Waals surface area contributed by atoms with Crippen molar-refractivity contribution in [3.05, 3.63) is 63.7 Å². The number of nitrogens with one attached hydrogen (secondary N) is 1. The third-order valence-electron chi connectivity index (χ3n) is 5.47. The third-order valence-corrected chi connectivity index (χ3v) is 8.32. The Bertz CT molecular complexity index is 672. The minimum Gasteiger partial charge on any atom is -0.394 e. The van der Waals surface area contributed by atoms with Gasteiger partial charge in [-0.05, 0) is 57.8 Å². The molecule has 3 fully saturated rings. The Morgan fingerprint density at radius 2 is 1.53 bits per heavy atom. The largest absolute Gasteiger partial charge is 2.00 e. The first-order valence-electron chi connectivity index (χ1n) is 12.2. The van der Waals surface area contributed by atoms with Gasteiger partial charge in [-0.25, -0.2) is 8.42 Å². The molecule has 5 N–H and O–H groups in total. The summed E-state index contributed by atoms with van der Waals surface area (Å²) in [7, 11) is -3.17. The molecule has 1 saturated heterocycles. The predicted octanol–water partition coefficient (Wildman–Crippen LogP) is -1.02. The molecule has 38 heavy (non-hydrogen) atoms. The summed E-state index contributed by atoms with van der Waals surface area (Å²) in [5.41, 5.74) is 0. The van der Waals surface area contributed by atoms with Gasteiger partial charge in [0.1, 0.15) is 24.4 Å². The van der Waals surface area contributed by atoms with Gasteiger partial charge >= 0.3 is 17.1 Å². The third kappa shape index (κ3) is 14.9. The zero-order valence-corrected chi connectivity index (χ0v) is 23.9. The molecule has 13 heteroatoms. The second-order valence-electron chi connectivity index (χ2n) is 8.39. The van der Waals surface area contributed by atoms with Crippen molar-refractivity contribution in [3.63, 3.8) is 0 Å². The molecule has 0 unspecified atom stereocenters. The Kier molecular flexibility index (Phi) is 20.4. The van der Waals surface area contributed by atoms with Crippen molar-refractivity contribution in [2.45, 2.75) is 30.7 Å². The van der Waals surface area contributed by atoms with E-state index in [4.69, 9.17) is 19.3 Å². The molecule has 0 aromatic heterocycles. The number of sulfone groups is 1. The first-order chi connectivity index (χ1) is 17.8. The molecule has 1 heterocycles.